The van der Waals surface area contributed by atoms with E-state index in [4.69, 9.17) is 18.0 Å². The Morgan fingerprint density at radius 2 is 1.86 bits per heavy atom. The number of rotatable bonds is 11. The van der Waals surface area contributed by atoms with Gasteiger partial charge in [0, 0.05) is 44.6 Å². The number of ether oxygens (including phenoxy) is 1. The van der Waals surface area contributed by atoms with Gasteiger partial charge >= 0.3 is 15.0 Å². The molecule has 0 bridgehead atoms. The lowest BCUT2D eigenvalue weighted by molar-refractivity contribution is -0.549. The molecule has 22 heavy (non-hydrogen) atoms. The van der Waals surface area contributed by atoms with E-state index >= 15 is 0 Å². The minimum absolute atomic E-state index is 0.290. The molecule has 8 nitrogen and oxygen atoms in total. The fourth-order valence-corrected chi connectivity index (χ4v) is 4.65. The summed E-state index contributed by atoms with van der Waals surface area (Å²) >= 11 is 0. The maximum Gasteiger partial charge on any atom is 0.500 e. The number of hydrogen-bond donors (Lipinski definition) is 0. The molecule has 1 heterocycles. The SMILES string of the molecule is CCO[Si](CCCN=C1C=CC([N+](=O)[O-])O1)(OCC)OCC. The predicted molar refractivity (Wildman–Crippen MR) is 83.4 cm³/mol. The van der Waals surface area contributed by atoms with Gasteiger partial charge in [-0.25, -0.2) is 0 Å². The van der Waals surface area contributed by atoms with Crippen LogP contribution in [-0.4, -0.2) is 52.2 Å². The van der Waals surface area contributed by atoms with E-state index in [1.54, 1.807) is 0 Å². The lowest BCUT2D eigenvalue weighted by Gasteiger charge is -2.28. The molecule has 1 unspecified atom stereocenters. The Hall–Kier alpha value is -1.29. The Morgan fingerprint density at radius 1 is 1.27 bits per heavy atom. The predicted octanol–water partition coefficient (Wildman–Crippen LogP) is 2.01. The van der Waals surface area contributed by atoms with E-state index in [9.17, 15) is 10.1 Å². The quantitative estimate of drug-likeness (QED) is 0.249. The Bertz CT molecular complexity index is 398. The Kier molecular flexibility index (Phi) is 8.24. The van der Waals surface area contributed by atoms with Gasteiger partial charge in [0.1, 0.15) is 0 Å². The van der Waals surface area contributed by atoms with Crippen molar-refractivity contribution >= 4 is 14.7 Å². The highest BCUT2D eigenvalue weighted by Crippen LogP contribution is 2.18. The monoisotopic (exact) mass is 332 g/mol. The minimum atomic E-state index is -2.64. The van der Waals surface area contributed by atoms with Crippen LogP contribution in [0.25, 0.3) is 0 Å². The molecule has 0 aromatic heterocycles. The summed E-state index contributed by atoms with van der Waals surface area (Å²) in [4.78, 5) is 14.2. The summed E-state index contributed by atoms with van der Waals surface area (Å²) in [5.41, 5.74) is 0. The molecule has 0 aromatic rings. The van der Waals surface area contributed by atoms with E-state index in [1.165, 1.54) is 12.2 Å². The molecule has 0 N–H and O–H groups in total. The van der Waals surface area contributed by atoms with Crippen molar-refractivity contribution in [3.05, 3.63) is 22.3 Å². The maximum atomic E-state index is 10.6. The highest BCUT2D eigenvalue weighted by molar-refractivity contribution is 6.60. The minimum Gasteiger partial charge on any atom is -0.409 e. The van der Waals surface area contributed by atoms with Crippen molar-refractivity contribution in [3.63, 3.8) is 0 Å². The summed E-state index contributed by atoms with van der Waals surface area (Å²) in [5, 5.41) is 10.6. The van der Waals surface area contributed by atoms with Crippen molar-refractivity contribution in [2.24, 2.45) is 4.99 Å². The normalized spacial score (nSPS) is 19.6. The fraction of sp³-hybridized carbons (Fsp3) is 0.769. The summed E-state index contributed by atoms with van der Waals surface area (Å²) < 4.78 is 22.3. The molecule has 0 saturated carbocycles. The van der Waals surface area contributed by atoms with Crippen molar-refractivity contribution in [2.75, 3.05) is 26.4 Å². The van der Waals surface area contributed by atoms with Crippen LogP contribution in [0, 0.1) is 10.1 Å². The zero-order chi connectivity index (χ0) is 16.4. The third-order valence-corrected chi connectivity index (χ3v) is 6.01. The third kappa shape index (κ3) is 5.83. The van der Waals surface area contributed by atoms with Crippen LogP contribution in [-0.2, 0) is 18.0 Å². The molecular weight excluding hydrogens is 308 g/mol. The van der Waals surface area contributed by atoms with E-state index in [0.717, 1.165) is 0 Å². The van der Waals surface area contributed by atoms with Gasteiger partial charge in [-0.3, -0.25) is 15.1 Å². The smallest absolute Gasteiger partial charge is 0.409 e. The van der Waals surface area contributed by atoms with Crippen molar-refractivity contribution in [2.45, 2.75) is 39.5 Å². The van der Waals surface area contributed by atoms with Gasteiger partial charge in [-0.05, 0) is 27.2 Å². The van der Waals surface area contributed by atoms with Gasteiger partial charge in [0.05, 0.1) is 4.92 Å². The van der Waals surface area contributed by atoms with E-state index in [0.29, 0.717) is 38.8 Å². The molecule has 0 aliphatic carbocycles. The molecule has 0 aromatic carbocycles. The van der Waals surface area contributed by atoms with Crippen LogP contribution in [0.3, 0.4) is 0 Å². The standard InChI is InChI=1S/C13H24N2O6Si/c1-4-18-22(19-5-2,20-6-3)11-7-10-14-12-8-9-13(21-12)15(16)17/h8-9,13H,4-7,10-11H2,1-3H3. The van der Waals surface area contributed by atoms with E-state index in [1.807, 2.05) is 20.8 Å². The molecule has 1 rings (SSSR count). The van der Waals surface area contributed by atoms with Crippen LogP contribution in [0.5, 0.6) is 0 Å². The molecule has 9 heteroatoms. The summed E-state index contributed by atoms with van der Waals surface area (Å²) in [7, 11) is -2.64. The molecule has 0 amide bonds. The second-order valence-electron chi connectivity index (χ2n) is 4.46. The van der Waals surface area contributed by atoms with Crippen LogP contribution in [0.15, 0.2) is 17.1 Å². The highest BCUT2D eigenvalue weighted by Gasteiger charge is 2.39. The molecular formula is C13H24N2O6Si. The van der Waals surface area contributed by atoms with Gasteiger partial charge in [-0.2, -0.15) is 0 Å². The van der Waals surface area contributed by atoms with Crippen LogP contribution in [0.1, 0.15) is 27.2 Å². The first-order valence-corrected chi connectivity index (χ1v) is 9.44. The first-order valence-electron chi connectivity index (χ1n) is 7.51. The van der Waals surface area contributed by atoms with Crippen LogP contribution >= 0.6 is 0 Å². The molecule has 0 spiro atoms. The van der Waals surface area contributed by atoms with Gasteiger partial charge in [0.2, 0.25) is 5.90 Å². The molecule has 0 radical (unpaired) electrons. The topological polar surface area (TPSA) is 92.4 Å². The summed E-state index contributed by atoms with van der Waals surface area (Å²) in [6.07, 6.45) is 2.47. The largest absolute Gasteiger partial charge is 0.500 e. The average Bonchev–Trinajstić information content (AvgIpc) is 2.94. The Balaban J connectivity index is 2.46. The first kappa shape index (κ1) is 18.8. The lowest BCUT2D eigenvalue weighted by atomic mass is 10.5. The van der Waals surface area contributed by atoms with Gasteiger partial charge in [-0.1, -0.05) is 0 Å². The number of nitrogens with zero attached hydrogens (tertiary/aromatic N) is 2. The molecule has 1 aliphatic rings. The van der Waals surface area contributed by atoms with Crippen molar-refractivity contribution in [1.29, 1.82) is 0 Å². The second kappa shape index (κ2) is 9.67. The van der Waals surface area contributed by atoms with Gasteiger partial charge in [0.15, 0.2) is 0 Å². The summed E-state index contributed by atoms with van der Waals surface area (Å²) in [6, 6.07) is 0.654. The Labute approximate surface area is 131 Å². The number of hydrogen-bond acceptors (Lipinski definition) is 7. The van der Waals surface area contributed by atoms with E-state index in [-0.39, 0.29) is 5.90 Å². The van der Waals surface area contributed by atoms with Crippen LogP contribution in [0.2, 0.25) is 6.04 Å². The van der Waals surface area contributed by atoms with Crippen molar-refractivity contribution in [1.82, 2.24) is 0 Å². The van der Waals surface area contributed by atoms with E-state index in [2.05, 4.69) is 4.99 Å². The molecule has 1 atom stereocenters. The zero-order valence-electron chi connectivity index (χ0n) is 13.3. The van der Waals surface area contributed by atoms with Crippen molar-refractivity contribution in [3.8, 4) is 0 Å². The number of aliphatic imine (C=N–C) groups is 1. The van der Waals surface area contributed by atoms with Crippen molar-refractivity contribution < 1.29 is 22.9 Å². The molecule has 1 aliphatic heterocycles. The van der Waals surface area contributed by atoms with Crippen LogP contribution < -0.4 is 0 Å². The maximum absolute atomic E-state index is 10.6. The third-order valence-electron chi connectivity index (χ3n) is 2.85. The van der Waals surface area contributed by atoms with Gasteiger partial charge in [-0.15, -0.1) is 0 Å². The molecule has 126 valence electrons. The highest BCUT2D eigenvalue weighted by atomic mass is 28.4. The zero-order valence-corrected chi connectivity index (χ0v) is 14.3. The molecule has 0 saturated heterocycles. The average molecular weight is 332 g/mol. The number of nitro groups is 1. The van der Waals surface area contributed by atoms with Gasteiger partial charge in [0.25, 0.3) is 0 Å². The fourth-order valence-electron chi connectivity index (χ4n) is 2.06. The van der Waals surface area contributed by atoms with Gasteiger partial charge < -0.3 is 18.0 Å². The summed E-state index contributed by atoms with van der Waals surface area (Å²) in [5.74, 6) is 0.290. The van der Waals surface area contributed by atoms with Crippen LogP contribution in [0.4, 0.5) is 0 Å². The molecule has 0 fully saturated rings. The summed E-state index contributed by atoms with van der Waals surface area (Å²) in [6.45, 7) is 7.83. The second-order valence-corrected chi connectivity index (χ2v) is 7.19. The lowest BCUT2D eigenvalue weighted by Crippen LogP contribution is -2.46. The Morgan fingerprint density at radius 3 is 2.32 bits per heavy atom. The van der Waals surface area contributed by atoms with E-state index < -0.39 is 20.0 Å². The first-order chi connectivity index (χ1) is 10.6.